The molecule has 1 rings (SSSR count). The summed E-state index contributed by atoms with van der Waals surface area (Å²) in [4.78, 5) is 0. The predicted octanol–water partition coefficient (Wildman–Crippen LogP) is 5.31. The lowest BCUT2D eigenvalue weighted by Crippen LogP contribution is -2.39. The highest BCUT2D eigenvalue weighted by Gasteiger charge is 2.32. The van der Waals surface area contributed by atoms with Crippen molar-refractivity contribution >= 4 is 0 Å². The molecule has 0 radical (unpaired) electrons. The highest BCUT2D eigenvalue weighted by molar-refractivity contribution is 4.85. The van der Waals surface area contributed by atoms with E-state index in [1.807, 2.05) is 0 Å². The second-order valence-electron chi connectivity index (χ2n) is 6.70. The lowest BCUT2D eigenvalue weighted by molar-refractivity contribution is 0.0763. The van der Waals surface area contributed by atoms with Crippen LogP contribution >= 0.6 is 0 Å². The minimum absolute atomic E-state index is 0.503. The topological polar surface area (TPSA) is 21.3 Å². The van der Waals surface area contributed by atoms with Crippen molar-refractivity contribution in [3.63, 3.8) is 0 Å². The fourth-order valence-corrected chi connectivity index (χ4v) is 3.77. The Bertz CT molecular complexity index is 232. The average Bonchev–Trinajstić information content (AvgIpc) is 2.97. The first-order valence-corrected chi connectivity index (χ1v) is 9.68. The van der Waals surface area contributed by atoms with Gasteiger partial charge in [0, 0.05) is 18.6 Å². The van der Waals surface area contributed by atoms with E-state index in [0.717, 1.165) is 19.1 Å². The van der Waals surface area contributed by atoms with Crippen molar-refractivity contribution in [2.45, 2.75) is 104 Å². The van der Waals surface area contributed by atoms with Gasteiger partial charge in [0.15, 0.2) is 0 Å². The van der Waals surface area contributed by atoms with Gasteiger partial charge in [-0.05, 0) is 25.8 Å². The predicted molar refractivity (Wildman–Crippen MR) is 92.8 cm³/mol. The maximum absolute atomic E-state index is 5.88. The molecule has 0 aromatic carbocycles. The van der Waals surface area contributed by atoms with Crippen molar-refractivity contribution < 1.29 is 4.74 Å². The van der Waals surface area contributed by atoms with Gasteiger partial charge in [-0.1, -0.05) is 72.1 Å². The SMILES string of the molecule is CCCCCCCCCCC(NCC)C1CCOC1CC. The van der Waals surface area contributed by atoms with Crippen LogP contribution in [0.5, 0.6) is 0 Å². The Balaban J connectivity index is 2.13. The van der Waals surface area contributed by atoms with E-state index < -0.39 is 0 Å². The van der Waals surface area contributed by atoms with Crippen LogP contribution in [0.25, 0.3) is 0 Å². The third-order valence-corrected chi connectivity index (χ3v) is 5.01. The summed E-state index contributed by atoms with van der Waals surface area (Å²) in [6.45, 7) is 8.86. The molecule has 1 aliphatic heterocycles. The normalized spacial score (nSPS) is 23.6. The molecule has 1 heterocycles. The van der Waals surface area contributed by atoms with Gasteiger partial charge in [-0.15, -0.1) is 0 Å². The maximum atomic E-state index is 5.88. The van der Waals surface area contributed by atoms with E-state index in [4.69, 9.17) is 4.74 Å². The van der Waals surface area contributed by atoms with Crippen molar-refractivity contribution in [2.24, 2.45) is 5.92 Å². The molecule has 3 unspecified atom stereocenters. The molecule has 0 saturated carbocycles. The number of nitrogens with one attached hydrogen (secondary N) is 1. The molecule has 0 aromatic rings. The maximum Gasteiger partial charge on any atom is 0.0616 e. The van der Waals surface area contributed by atoms with Crippen molar-refractivity contribution in [2.75, 3.05) is 13.2 Å². The lowest BCUT2D eigenvalue weighted by atomic mass is 9.87. The number of rotatable bonds is 13. The highest BCUT2D eigenvalue weighted by atomic mass is 16.5. The van der Waals surface area contributed by atoms with E-state index in [1.54, 1.807) is 0 Å². The van der Waals surface area contributed by atoms with E-state index in [0.29, 0.717) is 12.1 Å². The molecule has 1 saturated heterocycles. The van der Waals surface area contributed by atoms with Gasteiger partial charge in [-0.3, -0.25) is 0 Å². The summed E-state index contributed by atoms with van der Waals surface area (Å²) in [5.41, 5.74) is 0. The van der Waals surface area contributed by atoms with Gasteiger partial charge in [-0.2, -0.15) is 0 Å². The Hall–Kier alpha value is -0.0800. The zero-order chi connectivity index (χ0) is 15.3. The molecule has 2 nitrogen and oxygen atoms in total. The molecule has 3 atom stereocenters. The molecular formula is C19H39NO. The van der Waals surface area contributed by atoms with E-state index in [1.165, 1.54) is 70.6 Å². The van der Waals surface area contributed by atoms with E-state index in [9.17, 15) is 0 Å². The summed E-state index contributed by atoms with van der Waals surface area (Å²) in [7, 11) is 0. The fourth-order valence-electron chi connectivity index (χ4n) is 3.77. The lowest BCUT2D eigenvalue weighted by Gasteiger charge is -2.28. The summed E-state index contributed by atoms with van der Waals surface area (Å²) in [5.74, 6) is 0.750. The Morgan fingerprint density at radius 3 is 2.24 bits per heavy atom. The Kier molecular flexibility index (Phi) is 11.3. The third-order valence-electron chi connectivity index (χ3n) is 5.01. The highest BCUT2D eigenvalue weighted by Crippen LogP contribution is 2.29. The van der Waals surface area contributed by atoms with Gasteiger partial charge in [0.25, 0.3) is 0 Å². The smallest absolute Gasteiger partial charge is 0.0616 e. The van der Waals surface area contributed by atoms with Gasteiger partial charge < -0.3 is 10.1 Å². The minimum atomic E-state index is 0.503. The van der Waals surface area contributed by atoms with Crippen LogP contribution in [0.1, 0.15) is 91.4 Å². The molecule has 0 spiro atoms. The molecule has 0 amide bonds. The number of hydrogen-bond donors (Lipinski definition) is 1. The summed E-state index contributed by atoms with van der Waals surface area (Å²) in [6.07, 6.45) is 15.6. The molecule has 0 bridgehead atoms. The van der Waals surface area contributed by atoms with Crippen molar-refractivity contribution in [3.05, 3.63) is 0 Å². The summed E-state index contributed by atoms with van der Waals surface area (Å²) < 4.78 is 5.88. The van der Waals surface area contributed by atoms with Crippen molar-refractivity contribution in [1.82, 2.24) is 5.32 Å². The zero-order valence-electron chi connectivity index (χ0n) is 14.8. The first-order valence-electron chi connectivity index (χ1n) is 9.68. The van der Waals surface area contributed by atoms with Crippen LogP contribution in [0.2, 0.25) is 0 Å². The van der Waals surface area contributed by atoms with E-state index in [-0.39, 0.29) is 0 Å². The van der Waals surface area contributed by atoms with Crippen LogP contribution in [0.15, 0.2) is 0 Å². The number of ether oxygens (including phenoxy) is 1. The van der Waals surface area contributed by atoms with Gasteiger partial charge >= 0.3 is 0 Å². The molecule has 1 aliphatic rings. The van der Waals surface area contributed by atoms with E-state index >= 15 is 0 Å². The first kappa shape index (κ1) is 19.0. The summed E-state index contributed by atoms with van der Waals surface area (Å²) in [5, 5.41) is 3.73. The van der Waals surface area contributed by atoms with Crippen LogP contribution in [0.4, 0.5) is 0 Å². The Morgan fingerprint density at radius 2 is 1.62 bits per heavy atom. The second-order valence-corrected chi connectivity index (χ2v) is 6.70. The number of unbranched alkanes of at least 4 members (excludes halogenated alkanes) is 7. The largest absolute Gasteiger partial charge is 0.378 e. The molecule has 2 heteroatoms. The quantitative estimate of drug-likeness (QED) is 0.465. The average molecular weight is 298 g/mol. The van der Waals surface area contributed by atoms with Crippen LogP contribution in [-0.4, -0.2) is 25.3 Å². The molecular weight excluding hydrogens is 258 g/mol. The van der Waals surface area contributed by atoms with Gasteiger partial charge in [0.05, 0.1) is 6.10 Å². The van der Waals surface area contributed by atoms with E-state index in [2.05, 4.69) is 26.1 Å². The van der Waals surface area contributed by atoms with Crippen molar-refractivity contribution in [1.29, 1.82) is 0 Å². The molecule has 21 heavy (non-hydrogen) atoms. The number of hydrogen-bond acceptors (Lipinski definition) is 2. The van der Waals surface area contributed by atoms with Gasteiger partial charge in [0.2, 0.25) is 0 Å². The monoisotopic (exact) mass is 297 g/mol. The third kappa shape index (κ3) is 7.65. The standard InChI is InChI=1S/C19H39NO/c1-4-7-8-9-10-11-12-13-14-18(20-6-3)17-15-16-21-19(17)5-2/h17-20H,4-16H2,1-3H3. The Labute approximate surface area is 133 Å². The van der Waals surface area contributed by atoms with Crippen LogP contribution in [-0.2, 0) is 4.74 Å². The summed E-state index contributed by atoms with van der Waals surface area (Å²) >= 11 is 0. The van der Waals surface area contributed by atoms with Crippen LogP contribution < -0.4 is 5.32 Å². The van der Waals surface area contributed by atoms with Crippen LogP contribution in [0, 0.1) is 5.92 Å². The van der Waals surface area contributed by atoms with Gasteiger partial charge in [0.1, 0.15) is 0 Å². The second kappa shape index (κ2) is 12.5. The van der Waals surface area contributed by atoms with Gasteiger partial charge in [-0.25, -0.2) is 0 Å². The molecule has 126 valence electrons. The minimum Gasteiger partial charge on any atom is -0.378 e. The molecule has 1 fully saturated rings. The zero-order valence-corrected chi connectivity index (χ0v) is 14.8. The molecule has 1 N–H and O–H groups in total. The Morgan fingerprint density at radius 1 is 0.952 bits per heavy atom. The fraction of sp³-hybridized carbons (Fsp3) is 1.00. The van der Waals surface area contributed by atoms with Crippen molar-refractivity contribution in [3.8, 4) is 0 Å². The van der Waals surface area contributed by atoms with Crippen LogP contribution in [0.3, 0.4) is 0 Å². The first-order chi connectivity index (χ1) is 10.3. The molecule has 0 aliphatic carbocycles. The molecule has 0 aromatic heterocycles. The summed E-state index contributed by atoms with van der Waals surface area (Å²) in [6, 6.07) is 0.683.